The van der Waals surface area contributed by atoms with Crippen molar-refractivity contribution in [1.82, 2.24) is 0 Å². The number of rotatable bonds is 3. The molecular weight excluding hydrogens is 200 g/mol. The van der Waals surface area contributed by atoms with E-state index in [2.05, 4.69) is 0 Å². The number of nitro benzene ring substituents is 1. The maximum Gasteiger partial charge on any atom is 0.284 e. The standard InChI is InChI=1S/C9H10N2O4/c1-5(12)6-3-7(10)9(15-2)4-8(6)11(13)14/h3-4H,10H2,1-2H3. The highest BCUT2D eigenvalue weighted by Crippen LogP contribution is 2.30. The van der Waals surface area contributed by atoms with Crippen LogP contribution in [-0.4, -0.2) is 17.8 Å². The third-order valence-electron chi connectivity index (χ3n) is 1.92. The summed E-state index contributed by atoms with van der Waals surface area (Å²) in [5, 5.41) is 10.7. The van der Waals surface area contributed by atoms with E-state index in [9.17, 15) is 14.9 Å². The van der Waals surface area contributed by atoms with Crippen molar-refractivity contribution >= 4 is 17.2 Å². The first-order valence-electron chi connectivity index (χ1n) is 4.10. The van der Waals surface area contributed by atoms with E-state index < -0.39 is 10.7 Å². The number of methoxy groups -OCH3 is 1. The number of hydrogen-bond donors (Lipinski definition) is 1. The second-order valence-corrected chi connectivity index (χ2v) is 2.92. The van der Waals surface area contributed by atoms with Gasteiger partial charge >= 0.3 is 0 Å². The van der Waals surface area contributed by atoms with Crippen LogP contribution in [-0.2, 0) is 0 Å². The van der Waals surface area contributed by atoms with Gasteiger partial charge in [-0.1, -0.05) is 0 Å². The largest absolute Gasteiger partial charge is 0.494 e. The fraction of sp³-hybridized carbons (Fsp3) is 0.222. The third-order valence-corrected chi connectivity index (χ3v) is 1.92. The van der Waals surface area contributed by atoms with Crippen LogP contribution in [0.1, 0.15) is 17.3 Å². The number of Topliss-reactive ketones (excluding diaryl/α,β-unsaturated/α-hetero) is 1. The normalized spacial score (nSPS) is 9.73. The summed E-state index contributed by atoms with van der Waals surface area (Å²) < 4.78 is 4.83. The number of nitrogens with zero attached hydrogens (tertiary/aromatic N) is 1. The number of carbonyl (C=O) groups excluding carboxylic acids is 1. The monoisotopic (exact) mass is 210 g/mol. The SMILES string of the molecule is COc1cc([N+](=O)[O-])c(C(C)=O)cc1N. The van der Waals surface area contributed by atoms with Gasteiger partial charge in [0.2, 0.25) is 0 Å². The first-order chi connectivity index (χ1) is 6.97. The van der Waals surface area contributed by atoms with Crippen LogP contribution in [0.25, 0.3) is 0 Å². The molecule has 1 rings (SSSR count). The Morgan fingerprint density at radius 3 is 2.53 bits per heavy atom. The average molecular weight is 210 g/mol. The zero-order valence-electron chi connectivity index (χ0n) is 8.31. The topological polar surface area (TPSA) is 95.5 Å². The molecule has 0 aliphatic rings. The fourth-order valence-electron chi connectivity index (χ4n) is 1.20. The van der Waals surface area contributed by atoms with Crippen LogP contribution in [0.3, 0.4) is 0 Å². The van der Waals surface area contributed by atoms with Crippen LogP contribution in [0, 0.1) is 10.1 Å². The number of benzene rings is 1. The molecule has 0 saturated carbocycles. The Morgan fingerprint density at radius 1 is 1.53 bits per heavy atom. The van der Waals surface area contributed by atoms with Gasteiger partial charge in [-0.15, -0.1) is 0 Å². The summed E-state index contributed by atoms with van der Waals surface area (Å²) >= 11 is 0. The molecule has 0 saturated heterocycles. The maximum absolute atomic E-state index is 11.1. The molecule has 6 heteroatoms. The molecule has 0 atom stereocenters. The van der Waals surface area contributed by atoms with Crippen LogP contribution in [0.15, 0.2) is 12.1 Å². The van der Waals surface area contributed by atoms with Crippen molar-refractivity contribution in [3.8, 4) is 5.75 Å². The van der Waals surface area contributed by atoms with E-state index >= 15 is 0 Å². The smallest absolute Gasteiger partial charge is 0.284 e. The van der Waals surface area contributed by atoms with E-state index in [1.54, 1.807) is 0 Å². The van der Waals surface area contributed by atoms with Gasteiger partial charge in [-0.25, -0.2) is 0 Å². The predicted octanol–water partition coefficient (Wildman–Crippen LogP) is 1.39. The molecule has 0 amide bonds. The Morgan fingerprint density at radius 2 is 2.13 bits per heavy atom. The summed E-state index contributed by atoms with van der Waals surface area (Å²) in [6.07, 6.45) is 0. The van der Waals surface area contributed by atoms with E-state index in [0.717, 1.165) is 6.07 Å². The van der Waals surface area contributed by atoms with Gasteiger partial charge in [0.15, 0.2) is 5.78 Å². The summed E-state index contributed by atoms with van der Waals surface area (Å²) in [6, 6.07) is 2.39. The molecule has 0 unspecified atom stereocenters. The fourth-order valence-corrected chi connectivity index (χ4v) is 1.20. The van der Waals surface area contributed by atoms with Crippen LogP contribution in [0.5, 0.6) is 5.75 Å². The van der Waals surface area contributed by atoms with Crippen LogP contribution in [0.4, 0.5) is 11.4 Å². The number of carbonyl (C=O) groups is 1. The van der Waals surface area contributed by atoms with Crippen molar-refractivity contribution in [3.63, 3.8) is 0 Å². The molecule has 15 heavy (non-hydrogen) atoms. The summed E-state index contributed by atoms with van der Waals surface area (Å²) in [5.41, 5.74) is 5.43. The van der Waals surface area contributed by atoms with E-state index in [1.807, 2.05) is 0 Å². The quantitative estimate of drug-likeness (QED) is 0.352. The van der Waals surface area contributed by atoms with E-state index in [0.29, 0.717) is 0 Å². The van der Waals surface area contributed by atoms with Crippen molar-refractivity contribution in [1.29, 1.82) is 0 Å². The second kappa shape index (κ2) is 3.95. The van der Waals surface area contributed by atoms with Crippen molar-refractivity contribution in [3.05, 3.63) is 27.8 Å². The summed E-state index contributed by atoms with van der Waals surface area (Å²) in [4.78, 5) is 21.1. The summed E-state index contributed by atoms with van der Waals surface area (Å²) in [6.45, 7) is 1.24. The molecule has 6 nitrogen and oxygen atoms in total. The van der Waals surface area contributed by atoms with E-state index in [-0.39, 0.29) is 22.7 Å². The van der Waals surface area contributed by atoms with Crippen molar-refractivity contribution in [2.75, 3.05) is 12.8 Å². The molecule has 0 aromatic heterocycles. The number of ether oxygens (including phenoxy) is 1. The second-order valence-electron chi connectivity index (χ2n) is 2.92. The zero-order chi connectivity index (χ0) is 11.6. The first-order valence-corrected chi connectivity index (χ1v) is 4.10. The Bertz CT molecular complexity index is 428. The predicted molar refractivity (Wildman–Crippen MR) is 54.1 cm³/mol. The van der Waals surface area contributed by atoms with Gasteiger partial charge in [-0.3, -0.25) is 14.9 Å². The van der Waals surface area contributed by atoms with Crippen LogP contribution < -0.4 is 10.5 Å². The lowest BCUT2D eigenvalue weighted by molar-refractivity contribution is -0.385. The Balaban J connectivity index is 3.45. The lowest BCUT2D eigenvalue weighted by atomic mass is 10.1. The number of ketones is 1. The minimum absolute atomic E-state index is 0.0155. The molecule has 1 aromatic rings. The molecular formula is C9H10N2O4. The van der Waals surface area contributed by atoms with Crippen LogP contribution >= 0.6 is 0 Å². The van der Waals surface area contributed by atoms with Gasteiger partial charge in [-0.05, 0) is 13.0 Å². The highest BCUT2D eigenvalue weighted by molar-refractivity contribution is 5.99. The molecule has 0 fully saturated rings. The van der Waals surface area contributed by atoms with E-state index in [4.69, 9.17) is 10.5 Å². The molecule has 1 aromatic carbocycles. The van der Waals surface area contributed by atoms with Gasteiger partial charge in [0.05, 0.1) is 29.4 Å². The molecule has 0 radical (unpaired) electrons. The summed E-state index contributed by atoms with van der Waals surface area (Å²) in [7, 11) is 1.35. The molecule has 80 valence electrons. The Kier molecular flexibility index (Phi) is 2.89. The third kappa shape index (κ3) is 2.04. The van der Waals surface area contributed by atoms with E-state index in [1.165, 1.54) is 20.1 Å². The van der Waals surface area contributed by atoms with Gasteiger partial charge in [-0.2, -0.15) is 0 Å². The van der Waals surface area contributed by atoms with Gasteiger partial charge in [0, 0.05) is 0 Å². The van der Waals surface area contributed by atoms with Crippen molar-refractivity contribution in [2.24, 2.45) is 0 Å². The number of hydrogen-bond acceptors (Lipinski definition) is 5. The number of nitrogen functional groups attached to an aromatic ring is 1. The van der Waals surface area contributed by atoms with Gasteiger partial charge < -0.3 is 10.5 Å². The number of nitro groups is 1. The van der Waals surface area contributed by atoms with Crippen LogP contribution in [0.2, 0.25) is 0 Å². The molecule has 0 heterocycles. The average Bonchev–Trinajstić information content (AvgIpc) is 2.16. The molecule has 0 aliphatic heterocycles. The highest BCUT2D eigenvalue weighted by atomic mass is 16.6. The van der Waals surface area contributed by atoms with Crippen molar-refractivity contribution < 1.29 is 14.5 Å². The lowest BCUT2D eigenvalue weighted by Crippen LogP contribution is -2.03. The lowest BCUT2D eigenvalue weighted by Gasteiger charge is -2.06. The van der Waals surface area contributed by atoms with Gasteiger partial charge in [0.1, 0.15) is 5.75 Å². The molecule has 0 aliphatic carbocycles. The molecule has 2 N–H and O–H groups in total. The minimum atomic E-state index is -0.640. The zero-order valence-corrected chi connectivity index (χ0v) is 8.31. The first kappa shape index (κ1) is 11.0. The number of anilines is 1. The maximum atomic E-state index is 11.1. The Hall–Kier alpha value is -2.11. The number of nitrogens with two attached hydrogens (primary N) is 1. The molecule has 0 bridgehead atoms. The van der Waals surface area contributed by atoms with Crippen molar-refractivity contribution in [2.45, 2.75) is 6.92 Å². The Labute approximate surface area is 85.8 Å². The summed E-state index contributed by atoms with van der Waals surface area (Å²) in [5.74, 6) is -0.220. The highest BCUT2D eigenvalue weighted by Gasteiger charge is 2.20. The van der Waals surface area contributed by atoms with Gasteiger partial charge in [0.25, 0.3) is 5.69 Å². The minimum Gasteiger partial charge on any atom is -0.494 e. The molecule has 0 spiro atoms.